The van der Waals surface area contributed by atoms with Gasteiger partial charge in [0.2, 0.25) is 0 Å². The lowest BCUT2D eigenvalue weighted by atomic mass is 9.99. The number of fused-ring (bicyclic) bond motifs is 1. The van der Waals surface area contributed by atoms with Crippen molar-refractivity contribution in [3.05, 3.63) is 66.0 Å². The summed E-state index contributed by atoms with van der Waals surface area (Å²) in [4.78, 5) is 15.3. The van der Waals surface area contributed by atoms with Crippen molar-refractivity contribution in [1.29, 1.82) is 0 Å². The van der Waals surface area contributed by atoms with E-state index in [1.165, 1.54) is 12.0 Å². The molecular weight excluding hydrogens is 346 g/mol. The Hall–Kier alpha value is -2.82. The molecule has 0 radical (unpaired) electrons. The number of guanidine groups is 1. The number of imidazole rings is 1. The molecule has 3 aromatic rings. The maximum absolute atomic E-state index is 4.88. The smallest absolute Gasteiger partial charge is 0.193 e. The van der Waals surface area contributed by atoms with E-state index in [1.54, 1.807) is 0 Å². The van der Waals surface area contributed by atoms with Crippen LogP contribution in [0, 0.1) is 0 Å². The molecule has 5 nitrogen and oxygen atoms in total. The minimum atomic E-state index is 0.598. The van der Waals surface area contributed by atoms with Crippen LogP contribution in [-0.4, -0.2) is 47.0 Å². The molecule has 1 aliphatic rings. The van der Waals surface area contributed by atoms with Crippen LogP contribution in [0.2, 0.25) is 0 Å². The van der Waals surface area contributed by atoms with Crippen LogP contribution in [0.5, 0.6) is 0 Å². The third-order valence-corrected chi connectivity index (χ3v) is 5.37. The Labute approximate surface area is 166 Å². The SMILES string of the molecule is CCNC(=NCCCc1nc2ccccc2[nH]1)N1CCC(c2ccccc2)C1. The number of hydrogen-bond acceptors (Lipinski definition) is 2. The van der Waals surface area contributed by atoms with Crippen LogP contribution in [0.15, 0.2) is 59.6 Å². The fourth-order valence-corrected chi connectivity index (χ4v) is 3.93. The van der Waals surface area contributed by atoms with E-state index in [2.05, 4.69) is 63.5 Å². The number of para-hydroxylation sites is 2. The topological polar surface area (TPSA) is 56.3 Å². The van der Waals surface area contributed by atoms with E-state index in [4.69, 9.17) is 4.99 Å². The molecule has 1 aliphatic heterocycles. The fraction of sp³-hybridized carbons (Fsp3) is 0.391. The summed E-state index contributed by atoms with van der Waals surface area (Å²) in [7, 11) is 0. The molecule has 2 N–H and O–H groups in total. The molecule has 1 unspecified atom stereocenters. The summed E-state index contributed by atoms with van der Waals surface area (Å²) in [5.41, 5.74) is 3.59. The highest BCUT2D eigenvalue weighted by atomic mass is 15.3. The molecule has 1 atom stereocenters. The first-order chi connectivity index (χ1) is 13.8. The zero-order valence-corrected chi connectivity index (χ0v) is 16.6. The first-order valence-corrected chi connectivity index (χ1v) is 10.4. The minimum Gasteiger partial charge on any atom is -0.357 e. The Morgan fingerprint density at radius 1 is 1.18 bits per heavy atom. The number of nitrogens with zero attached hydrogens (tertiary/aromatic N) is 3. The molecule has 2 aromatic carbocycles. The van der Waals surface area contributed by atoms with Gasteiger partial charge in [0.1, 0.15) is 5.82 Å². The van der Waals surface area contributed by atoms with Crippen molar-refractivity contribution in [1.82, 2.24) is 20.2 Å². The lowest BCUT2D eigenvalue weighted by Crippen LogP contribution is -2.40. The molecule has 1 aromatic heterocycles. The molecule has 1 fully saturated rings. The van der Waals surface area contributed by atoms with Gasteiger partial charge >= 0.3 is 0 Å². The first kappa shape index (κ1) is 18.5. The highest BCUT2D eigenvalue weighted by Crippen LogP contribution is 2.26. The van der Waals surface area contributed by atoms with Crippen LogP contribution < -0.4 is 5.32 Å². The van der Waals surface area contributed by atoms with Gasteiger partial charge in [-0.25, -0.2) is 4.98 Å². The van der Waals surface area contributed by atoms with E-state index in [-0.39, 0.29) is 0 Å². The molecule has 1 saturated heterocycles. The Morgan fingerprint density at radius 3 is 2.82 bits per heavy atom. The molecule has 5 heteroatoms. The summed E-state index contributed by atoms with van der Waals surface area (Å²) >= 11 is 0. The largest absolute Gasteiger partial charge is 0.357 e. The van der Waals surface area contributed by atoms with Gasteiger partial charge in [0, 0.05) is 38.5 Å². The van der Waals surface area contributed by atoms with Gasteiger partial charge in [-0.3, -0.25) is 4.99 Å². The lowest BCUT2D eigenvalue weighted by Gasteiger charge is -2.21. The van der Waals surface area contributed by atoms with Crippen molar-refractivity contribution >= 4 is 17.0 Å². The van der Waals surface area contributed by atoms with Crippen LogP contribution in [0.1, 0.15) is 37.1 Å². The number of aryl methyl sites for hydroxylation is 1. The second-order valence-electron chi connectivity index (χ2n) is 7.38. The average molecular weight is 376 g/mol. The number of likely N-dealkylation sites (tertiary alicyclic amines) is 1. The van der Waals surface area contributed by atoms with Gasteiger partial charge in [-0.2, -0.15) is 0 Å². The van der Waals surface area contributed by atoms with Crippen LogP contribution in [0.3, 0.4) is 0 Å². The molecule has 0 amide bonds. The van der Waals surface area contributed by atoms with Gasteiger partial charge in [0.15, 0.2) is 5.96 Å². The molecular formula is C23H29N5. The Bertz CT molecular complexity index is 882. The third kappa shape index (κ3) is 4.35. The van der Waals surface area contributed by atoms with Gasteiger partial charge in [-0.1, -0.05) is 42.5 Å². The maximum Gasteiger partial charge on any atom is 0.193 e. The molecule has 0 saturated carbocycles. The van der Waals surface area contributed by atoms with Crippen molar-refractivity contribution in [2.75, 3.05) is 26.2 Å². The van der Waals surface area contributed by atoms with Crippen molar-refractivity contribution in [3.63, 3.8) is 0 Å². The average Bonchev–Trinajstić information content (AvgIpc) is 3.38. The number of aliphatic imine (C=N–C) groups is 1. The highest BCUT2D eigenvalue weighted by Gasteiger charge is 2.25. The molecule has 4 rings (SSSR count). The summed E-state index contributed by atoms with van der Waals surface area (Å²) < 4.78 is 0. The quantitative estimate of drug-likeness (QED) is 0.390. The number of nitrogens with one attached hydrogen (secondary N) is 2. The molecule has 0 bridgehead atoms. The number of aromatic amines is 1. The van der Waals surface area contributed by atoms with E-state index in [1.807, 2.05) is 18.2 Å². The van der Waals surface area contributed by atoms with Crippen LogP contribution in [0.4, 0.5) is 0 Å². The predicted molar refractivity (Wildman–Crippen MR) is 116 cm³/mol. The second kappa shape index (κ2) is 8.91. The zero-order chi connectivity index (χ0) is 19.2. The van der Waals surface area contributed by atoms with E-state index in [0.717, 1.165) is 61.8 Å². The first-order valence-electron chi connectivity index (χ1n) is 10.4. The monoisotopic (exact) mass is 375 g/mol. The Balaban J connectivity index is 1.33. The van der Waals surface area contributed by atoms with Crippen LogP contribution in [-0.2, 0) is 6.42 Å². The molecule has 2 heterocycles. The number of rotatable bonds is 6. The van der Waals surface area contributed by atoms with Gasteiger partial charge in [-0.05, 0) is 37.5 Å². The van der Waals surface area contributed by atoms with E-state index in [0.29, 0.717) is 5.92 Å². The zero-order valence-electron chi connectivity index (χ0n) is 16.6. The van der Waals surface area contributed by atoms with Gasteiger partial charge in [0.05, 0.1) is 11.0 Å². The summed E-state index contributed by atoms with van der Waals surface area (Å²) in [6.07, 6.45) is 3.10. The fourth-order valence-electron chi connectivity index (χ4n) is 3.93. The molecule has 28 heavy (non-hydrogen) atoms. The third-order valence-electron chi connectivity index (χ3n) is 5.37. The van der Waals surface area contributed by atoms with Crippen molar-refractivity contribution in [3.8, 4) is 0 Å². The van der Waals surface area contributed by atoms with Crippen molar-refractivity contribution in [2.45, 2.75) is 32.1 Å². The van der Waals surface area contributed by atoms with E-state index >= 15 is 0 Å². The Kier molecular flexibility index (Phi) is 5.90. The minimum absolute atomic E-state index is 0.598. The van der Waals surface area contributed by atoms with Gasteiger partial charge < -0.3 is 15.2 Å². The molecule has 0 aliphatic carbocycles. The standard InChI is InChI=1S/C23H29N5/c1-2-24-23(28-16-14-19(17-28)18-9-4-3-5-10-18)25-15-8-13-22-26-20-11-6-7-12-21(20)27-22/h3-7,9-12,19H,2,8,13-17H2,1H3,(H,24,25)(H,26,27). The Morgan fingerprint density at radius 2 is 2.00 bits per heavy atom. The normalized spacial score (nSPS) is 17.4. The lowest BCUT2D eigenvalue weighted by molar-refractivity contribution is 0.485. The summed E-state index contributed by atoms with van der Waals surface area (Å²) in [6.45, 7) is 5.95. The van der Waals surface area contributed by atoms with Crippen molar-refractivity contribution in [2.24, 2.45) is 4.99 Å². The molecule has 146 valence electrons. The number of H-pyrrole nitrogens is 1. The number of hydrogen-bond donors (Lipinski definition) is 2. The maximum atomic E-state index is 4.88. The van der Waals surface area contributed by atoms with Gasteiger partial charge in [-0.15, -0.1) is 0 Å². The van der Waals surface area contributed by atoms with Crippen LogP contribution in [0.25, 0.3) is 11.0 Å². The second-order valence-corrected chi connectivity index (χ2v) is 7.38. The summed E-state index contributed by atoms with van der Waals surface area (Å²) in [5, 5.41) is 3.47. The van der Waals surface area contributed by atoms with Crippen LogP contribution >= 0.6 is 0 Å². The van der Waals surface area contributed by atoms with Gasteiger partial charge in [0.25, 0.3) is 0 Å². The number of benzene rings is 2. The predicted octanol–water partition coefficient (Wildman–Crippen LogP) is 3.95. The summed E-state index contributed by atoms with van der Waals surface area (Å²) in [6, 6.07) is 19.0. The molecule has 0 spiro atoms. The van der Waals surface area contributed by atoms with E-state index in [9.17, 15) is 0 Å². The van der Waals surface area contributed by atoms with Crippen molar-refractivity contribution < 1.29 is 0 Å². The number of aromatic nitrogens is 2. The highest BCUT2D eigenvalue weighted by molar-refractivity contribution is 5.80. The summed E-state index contributed by atoms with van der Waals surface area (Å²) in [5.74, 6) is 2.69. The van der Waals surface area contributed by atoms with E-state index < -0.39 is 0 Å².